The first-order chi connectivity index (χ1) is 15.2. The molecule has 0 aromatic heterocycles. The fourth-order valence-corrected chi connectivity index (χ4v) is 10.4. The van der Waals surface area contributed by atoms with Crippen molar-refractivity contribution in [1.29, 1.82) is 0 Å². The highest BCUT2D eigenvalue weighted by molar-refractivity contribution is 7.77. The van der Waals surface area contributed by atoms with Crippen LogP contribution in [-0.2, 0) is 0 Å². The second-order valence-electron chi connectivity index (χ2n) is 8.13. The first kappa shape index (κ1) is 22.0. The highest BCUT2D eigenvalue weighted by Gasteiger charge is 2.30. The molecule has 0 radical (unpaired) electrons. The van der Waals surface area contributed by atoms with E-state index in [1.54, 1.807) is 0 Å². The molecule has 0 N–H and O–H groups in total. The summed E-state index contributed by atoms with van der Waals surface area (Å²) in [7, 11) is -0.870. The fraction of sp³-hybridized carbons (Fsp3) is 0.172. The van der Waals surface area contributed by atoms with Crippen LogP contribution in [0.25, 0.3) is 0 Å². The van der Waals surface area contributed by atoms with Crippen LogP contribution in [-0.4, -0.2) is 11.8 Å². The molecule has 4 aromatic carbocycles. The summed E-state index contributed by atoms with van der Waals surface area (Å²) >= 11 is 0. The number of benzene rings is 4. The highest BCUT2D eigenvalue weighted by Crippen LogP contribution is 2.49. The second-order valence-corrected chi connectivity index (χ2v) is 12.8. The Labute approximate surface area is 189 Å². The van der Waals surface area contributed by atoms with E-state index >= 15 is 0 Å². The maximum Gasteiger partial charge on any atom is -0.00604 e. The van der Waals surface area contributed by atoms with Crippen molar-refractivity contribution in [3.63, 3.8) is 0 Å². The van der Waals surface area contributed by atoms with Gasteiger partial charge in [-0.15, -0.1) is 0 Å². The zero-order valence-electron chi connectivity index (χ0n) is 18.3. The van der Waals surface area contributed by atoms with Gasteiger partial charge in [-0.25, -0.2) is 0 Å². The second kappa shape index (κ2) is 10.9. The molecule has 0 aliphatic heterocycles. The van der Waals surface area contributed by atoms with Crippen molar-refractivity contribution in [3.8, 4) is 0 Å². The SMILES string of the molecule is CC(C)[C@H](CP(c1ccccc1)c1ccccc1)P(c1ccccc1)c1ccccc1. The van der Waals surface area contributed by atoms with Gasteiger partial charge in [-0.3, -0.25) is 0 Å². The van der Waals surface area contributed by atoms with Gasteiger partial charge in [0.15, 0.2) is 0 Å². The summed E-state index contributed by atoms with van der Waals surface area (Å²) in [5.74, 6) is 0.601. The molecule has 156 valence electrons. The largest absolute Gasteiger partial charge is 0.0622 e. The van der Waals surface area contributed by atoms with E-state index in [4.69, 9.17) is 0 Å². The van der Waals surface area contributed by atoms with Gasteiger partial charge in [0.2, 0.25) is 0 Å². The Morgan fingerprint density at radius 3 is 1.13 bits per heavy atom. The lowest BCUT2D eigenvalue weighted by molar-refractivity contribution is 0.642. The van der Waals surface area contributed by atoms with Crippen LogP contribution in [0.5, 0.6) is 0 Å². The van der Waals surface area contributed by atoms with E-state index in [0.29, 0.717) is 11.6 Å². The minimum atomic E-state index is -0.451. The Hall–Kier alpha value is -2.26. The van der Waals surface area contributed by atoms with Crippen LogP contribution in [0.2, 0.25) is 0 Å². The summed E-state index contributed by atoms with van der Waals surface area (Å²) in [5.41, 5.74) is 0.603. The van der Waals surface area contributed by atoms with Gasteiger partial charge in [0.1, 0.15) is 0 Å². The molecule has 0 nitrogen and oxygen atoms in total. The van der Waals surface area contributed by atoms with Gasteiger partial charge in [0, 0.05) is 0 Å². The molecule has 1 atom stereocenters. The zero-order valence-corrected chi connectivity index (χ0v) is 20.1. The van der Waals surface area contributed by atoms with Gasteiger partial charge in [-0.1, -0.05) is 135 Å². The Bertz CT molecular complexity index is 952. The van der Waals surface area contributed by atoms with Crippen LogP contribution in [0.15, 0.2) is 121 Å². The van der Waals surface area contributed by atoms with E-state index in [1.165, 1.54) is 27.4 Å². The minimum Gasteiger partial charge on any atom is -0.0622 e. The van der Waals surface area contributed by atoms with Crippen molar-refractivity contribution in [1.82, 2.24) is 0 Å². The number of hydrogen-bond donors (Lipinski definition) is 0. The Balaban J connectivity index is 1.78. The molecule has 0 unspecified atom stereocenters. The van der Waals surface area contributed by atoms with E-state index in [-0.39, 0.29) is 0 Å². The Morgan fingerprint density at radius 2 is 0.806 bits per heavy atom. The first-order valence-corrected chi connectivity index (χ1v) is 13.9. The van der Waals surface area contributed by atoms with E-state index in [9.17, 15) is 0 Å². The highest BCUT2D eigenvalue weighted by atomic mass is 31.1. The molecule has 0 fully saturated rings. The minimum absolute atomic E-state index is 0.420. The molecule has 4 aromatic rings. The summed E-state index contributed by atoms with van der Waals surface area (Å²) in [6.45, 7) is 4.82. The Kier molecular flexibility index (Phi) is 7.69. The van der Waals surface area contributed by atoms with E-state index in [2.05, 4.69) is 135 Å². The molecular formula is C29H30P2. The zero-order chi connectivity index (χ0) is 21.5. The van der Waals surface area contributed by atoms with Crippen molar-refractivity contribution in [2.45, 2.75) is 19.5 Å². The summed E-state index contributed by atoms with van der Waals surface area (Å²) in [6, 6.07) is 44.7. The predicted molar refractivity (Wildman–Crippen MR) is 142 cm³/mol. The number of hydrogen-bond acceptors (Lipinski definition) is 0. The van der Waals surface area contributed by atoms with Gasteiger partial charge in [0.05, 0.1) is 0 Å². The molecule has 0 amide bonds. The summed E-state index contributed by atoms with van der Waals surface area (Å²) in [5, 5.41) is 5.92. The van der Waals surface area contributed by atoms with Gasteiger partial charge in [-0.05, 0) is 54.8 Å². The molecule has 0 bridgehead atoms. The average molecular weight is 441 g/mol. The Morgan fingerprint density at radius 1 is 0.484 bits per heavy atom. The third-order valence-electron chi connectivity index (χ3n) is 5.68. The van der Waals surface area contributed by atoms with Gasteiger partial charge >= 0.3 is 0 Å². The van der Waals surface area contributed by atoms with Crippen molar-refractivity contribution in [2.24, 2.45) is 5.92 Å². The fourth-order valence-electron chi connectivity index (χ4n) is 4.06. The molecule has 0 saturated heterocycles. The van der Waals surface area contributed by atoms with Crippen molar-refractivity contribution in [2.75, 3.05) is 6.16 Å². The quantitative estimate of drug-likeness (QED) is 0.283. The van der Waals surface area contributed by atoms with Crippen LogP contribution >= 0.6 is 15.8 Å². The third-order valence-corrected chi connectivity index (χ3v) is 11.7. The van der Waals surface area contributed by atoms with Crippen LogP contribution in [0.3, 0.4) is 0 Å². The lowest BCUT2D eigenvalue weighted by atomic mass is 10.1. The molecule has 0 heterocycles. The topological polar surface area (TPSA) is 0 Å². The standard InChI is InChI=1S/C29H30P2/c1-24(2)29(31(27-19-11-5-12-20-27)28-21-13-6-14-22-28)23-30(25-15-7-3-8-16-25)26-17-9-4-10-18-26/h3-22,24,29H,23H2,1-2H3/t29-/m0/s1. The van der Waals surface area contributed by atoms with Crippen LogP contribution < -0.4 is 21.2 Å². The van der Waals surface area contributed by atoms with E-state index in [1.807, 2.05) is 0 Å². The molecular weight excluding hydrogens is 410 g/mol. The molecule has 0 aliphatic rings. The monoisotopic (exact) mass is 440 g/mol. The third kappa shape index (κ3) is 5.51. The van der Waals surface area contributed by atoms with Crippen molar-refractivity contribution in [3.05, 3.63) is 121 Å². The van der Waals surface area contributed by atoms with Gasteiger partial charge in [0.25, 0.3) is 0 Å². The lowest BCUT2D eigenvalue weighted by Gasteiger charge is -2.35. The lowest BCUT2D eigenvalue weighted by Crippen LogP contribution is -2.31. The predicted octanol–water partition coefficient (Wildman–Crippen LogP) is 6.28. The van der Waals surface area contributed by atoms with Crippen LogP contribution in [0.4, 0.5) is 0 Å². The summed E-state index contributed by atoms with van der Waals surface area (Å²) in [4.78, 5) is 0. The van der Waals surface area contributed by atoms with Crippen LogP contribution in [0.1, 0.15) is 13.8 Å². The molecule has 0 spiro atoms. The maximum absolute atomic E-state index is 2.41. The van der Waals surface area contributed by atoms with Crippen LogP contribution in [0, 0.1) is 5.92 Å². The molecule has 4 rings (SSSR count). The summed E-state index contributed by atoms with van der Waals surface area (Å²) < 4.78 is 0. The normalized spacial score (nSPS) is 12.4. The molecule has 0 aliphatic carbocycles. The average Bonchev–Trinajstić information content (AvgIpc) is 2.84. The number of rotatable bonds is 8. The van der Waals surface area contributed by atoms with E-state index < -0.39 is 15.8 Å². The molecule has 0 saturated carbocycles. The molecule has 31 heavy (non-hydrogen) atoms. The maximum atomic E-state index is 2.41. The smallest absolute Gasteiger partial charge is 0.00604 e. The van der Waals surface area contributed by atoms with Crippen molar-refractivity contribution >= 4 is 37.1 Å². The molecule has 2 heteroatoms. The summed E-state index contributed by atoms with van der Waals surface area (Å²) in [6.07, 6.45) is 1.20. The van der Waals surface area contributed by atoms with E-state index in [0.717, 1.165) is 0 Å². The first-order valence-electron chi connectivity index (χ1n) is 11.0. The van der Waals surface area contributed by atoms with Crippen molar-refractivity contribution < 1.29 is 0 Å². The van der Waals surface area contributed by atoms with Gasteiger partial charge < -0.3 is 0 Å². The van der Waals surface area contributed by atoms with Gasteiger partial charge in [-0.2, -0.15) is 0 Å².